The highest BCUT2D eigenvalue weighted by Crippen LogP contribution is 2.14. The Morgan fingerprint density at radius 2 is 1.75 bits per heavy atom. The zero-order valence-corrected chi connectivity index (χ0v) is 13.8. The number of carbonyl (C=O) groups excluding carboxylic acids is 1. The minimum Gasteiger partial charge on any atom is -0.378 e. The van der Waals surface area contributed by atoms with Gasteiger partial charge < -0.3 is 10.2 Å². The molecule has 0 spiro atoms. The first-order chi connectivity index (χ1) is 11.6. The van der Waals surface area contributed by atoms with Crippen LogP contribution in [0.15, 0.2) is 47.1 Å². The van der Waals surface area contributed by atoms with Crippen molar-refractivity contribution >= 4 is 22.6 Å². The smallest absolute Gasteiger partial charge is 0.220 e. The molecule has 0 saturated heterocycles. The van der Waals surface area contributed by atoms with Gasteiger partial charge in [0.05, 0.1) is 0 Å². The van der Waals surface area contributed by atoms with Gasteiger partial charge in [-0.25, -0.2) is 4.63 Å². The molecule has 3 rings (SSSR count). The molecule has 1 aromatic heterocycles. The molecule has 3 aromatic rings. The van der Waals surface area contributed by atoms with Gasteiger partial charge in [0.15, 0.2) is 0 Å². The standard InChI is InChI=1S/C18H20N4O2/c1-22(2)15-7-3-13(4-8-15)6-10-18(23)19-12-14-5-9-16-17(11-14)21-24-20-16/h3-5,7-9,11H,6,10,12H2,1-2H3,(H,19,23). The van der Waals surface area contributed by atoms with Gasteiger partial charge in [0.25, 0.3) is 0 Å². The van der Waals surface area contributed by atoms with E-state index in [-0.39, 0.29) is 5.91 Å². The maximum atomic E-state index is 12.0. The topological polar surface area (TPSA) is 71.3 Å². The van der Waals surface area contributed by atoms with E-state index < -0.39 is 0 Å². The minimum atomic E-state index is 0.0325. The van der Waals surface area contributed by atoms with Crippen LogP contribution in [0, 0.1) is 0 Å². The number of hydrogen-bond acceptors (Lipinski definition) is 5. The second-order valence-electron chi connectivity index (χ2n) is 5.92. The van der Waals surface area contributed by atoms with Crippen LogP contribution in [0.2, 0.25) is 0 Å². The van der Waals surface area contributed by atoms with E-state index in [4.69, 9.17) is 0 Å². The molecule has 0 aliphatic carbocycles. The van der Waals surface area contributed by atoms with E-state index in [1.165, 1.54) is 0 Å². The fourth-order valence-corrected chi connectivity index (χ4v) is 2.45. The molecule has 6 nitrogen and oxygen atoms in total. The number of aromatic nitrogens is 2. The maximum Gasteiger partial charge on any atom is 0.220 e. The van der Waals surface area contributed by atoms with Gasteiger partial charge in [0, 0.05) is 32.7 Å². The summed E-state index contributed by atoms with van der Waals surface area (Å²) in [4.78, 5) is 14.1. The van der Waals surface area contributed by atoms with E-state index in [1.54, 1.807) is 0 Å². The maximum absolute atomic E-state index is 12.0. The van der Waals surface area contributed by atoms with Crippen molar-refractivity contribution in [3.05, 3.63) is 53.6 Å². The van der Waals surface area contributed by atoms with Gasteiger partial charge in [0.2, 0.25) is 5.91 Å². The van der Waals surface area contributed by atoms with Gasteiger partial charge >= 0.3 is 0 Å². The quantitative estimate of drug-likeness (QED) is 0.754. The van der Waals surface area contributed by atoms with Crippen LogP contribution in [0.5, 0.6) is 0 Å². The van der Waals surface area contributed by atoms with Gasteiger partial charge in [-0.15, -0.1) is 0 Å². The van der Waals surface area contributed by atoms with Crippen molar-refractivity contribution in [1.82, 2.24) is 15.6 Å². The van der Waals surface area contributed by atoms with Crippen LogP contribution in [0.4, 0.5) is 5.69 Å². The second-order valence-corrected chi connectivity index (χ2v) is 5.92. The molecular weight excluding hydrogens is 304 g/mol. The molecule has 0 unspecified atom stereocenters. The molecule has 6 heteroatoms. The third kappa shape index (κ3) is 3.90. The van der Waals surface area contributed by atoms with E-state index in [9.17, 15) is 4.79 Å². The molecule has 2 aromatic carbocycles. The number of carbonyl (C=O) groups is 1. The third-order valence-corrected chi connectivity index (χ3v) is 3.90. The Balaban J connectivity index is 1.48. The van der Waals surface area contributed by atoms with E-state index in [1.807, 2.05) is 32.3 Å². The first-order valence-corrected chi connectivity index (χ1v) is 7.86. The van der Waals surface area contributed by atoms with E-state index >= 15 is 0 Å². The fraction of sp³-hybridized carbons (Fsp3) is 0.278. The van der Waals surface area contributed by atoms with Crippen LogP contribution >= 0.6 is 0 Å². The number of nitrogens with zero attached hydrogens (tertiary/aromatic N) is 3. The zero-order valence-electron chi connectivity index (χ0n) is 13.8. The predicted octanol–water partition coefficient (Wildman–Crippen LogP) is 2.54. The Morgan fingerprint density at radius 1 is 1.04 bits per heavy atom. The lowest BCUT2D eigenvalue weighted by Gasteiger charge is -2.12. The van der Waals surface area contributed by atoms with Crippen LogP contribution in [-0.4, -0.2) is 30.3 Å². The molecule has 1 N–H and O–H groups in total. The molecule has 1 heterocycles. The first-order valence-electron chi connectivity index (χ1n) is 7.86. The summed E-state index contributed by atoms with van der Waals surface area (Å²) in [5.41, 5.74) is 4.70. The summed E-state index contributed by atoms with van der Waals surface area (Å²) in [7, 11) is 4.02. The zero-order chi connectivity index (χ0) is 16.9. The Labute approximate surface area is 140 Å². The van der Waals surface area contributed by atoms with Gasteiger partial charge in [-0.2, -0.15) is 0 Å². The summed E-state index contributed by atoms with van der Waals surface area (Å²) in [5, 5.41) is 10.5. The molecule has 0 radical (unpaired) electrons. The number of benzene rings is 2. The number of rotatable bonds is 6. The predicted molar refractivity (Wildman–Crippen MR) is 92.7 cm³/mol. The van der Waals surface area contributed by atoms with Gasteiger partial charge in [0.1, 0.15) is 11.0 Å². The van der Waals surface area contributed by atoms with E-state index in [0.717, 1.165) is 23.2 Å². The lowest BCUT2D eigenvalue weighted by Crippen LogP contribution is -2.23. The lowest BCUT2D eigenvalue weighted by molar-refractivity contribution is -0.121. The third-order valence-electron chi connectivity index (χ3n) is 3.90. The number of anilines is 1. The highest BCUT2D eigenvalue weighted by molar-refractivity contribution is 5.77. The summed E-state index contributed by atoms with van der Waals surface area (Å²) < 4.78 is 4.67. The average Bonchev–Trinajstić information content (AvgIpc) is 3.06. The van der Waals surface area contributed by atoms with E-state index in [2.05, 4.69) is 49.4 Å². The van der Waals surface area contributed by atoms with Crippen molar-refractivity contribution in [1.29, 1.82) is 0 Å². The largest absolute Gasteiger partial charge is 0.378 e. The SMILES string of the molecule is CN(C)c1ccc(CCC(=O)NCc2ccc3nonc3c2)cc1. The lowest BCUT2D eigenvalue weighted by atomic mass is 10.1. The van der Waals surface area contributed by atoms with Gasteiger partial charge in [-0.1, -0.05) is 18.2 Å². The highest BCUT2D eigenvalue weighted by atomic mass is 16.6. The highest BCUT2D eigenvalue weighted by Gasteiger charge is 2.05. The average molecular weight is 324 g/mol. The van der Waals surface area contributed by atoms with Crippen LogP contribution in [0.1, 0.15) is 17.5 Å². The van der Waals surface area contributed by atoms with Crippen molar-refractivity contribution in [2.45, 2.75) is 19.4 Å². The number of hydrogen-bond donors (Lipinski definition) is 1. The molecule has 0 bridgehead atoms. The minimum absolute atomic E-state index is 0.0325. The summed E-state index contributed by atoms with van der Waals surface area (Å²) in [6.45, 7) is 0.473. The summed E-state index contributed by atoms with van der Waals surface area (Å²) >= 11 is 0. The molecule has 0 atom stereocenters. The Bertz CT molecular complexity index is 824. The molecule has 0 aliphatic heterocycles. The molecule has 24 heavy (non-hydrogen) atoms. The first kappa shape index (κ1) is 16.0. The molecule has 0 fully saturated rings. The van der Waals surface area contributed by atoms with Crippen LogP contribution in [-0.2, 0) is 17.8 Å². The van der Waals surface area contributed by atoms with Crippen LogP contribution in [0.25, 0.3) is 11.0 Å². The van der Waals surface area contributed by atoms with Crippen molar-refractivity contribution < 1.29 is 9.42 Å². The Kier molecular flexibility index (Phi) is 4.74. The fourth-order valence-electron chi connectivity index (χ4n) is 2.45. The Hall–Kier alpha value is -2.89. The molecule has 0 saturated carbocycles. The van der Waals surface area contributed by atoms with Crippen molar-refractivity contribution in [2.75, 3.05) is 19.0 Å². The molecule has 124 valence electrons. The number of amides is 1. The van der Waals surface area contributed by atoms with Gasteiger partial charge in [-0.3, -0.25) is 4.79 Å². The van der Waals surface area contributed by atoms with Crippen LogP contribution < -0.4 is 10.2 Å². The number of fused-ring (bicyclic) bond motifs is 1. The van der Waals surface area contributed by atoms with Crippen molar-refractivity contribution in [3.8, 4) is 0 Å². The monoisotopic (exact) mass is 324 g/mol. The number of aryl methyl sites for hydroxylation is 1. The van der Waals surface area contributed by atoms with E-state index in [0.29, 0.717) is 24.0 Å². The normalized spacial score (nSPS) is 10.8. The summed E-state index contributed by atoms with van der Waals surface area (Å²) in [6, 6.07) is 13.9. The van der Waals surface area contributed by atoms with Crippen LogP contribution in [0.3, 0.4) is 0 Å². The number of nitrogens with one attached hydrogen (secondary N) is 1. The second kappa shape index (κ2) is 7.12. The van der Waals surface area contributed by atoms with Crippen molar-refractivity contribution in [2.24, 2.45) is 0 Å². The molecule has 0 aliphatic rings. The molecular formula is C18H20N4O2. The van der Waals surface area contributed by atoms with Gasteiger partial charge in [-0.05, 0) is 52.1 Å². The molecule has 1 amide bonds. The summed E-state index contributed by atoms with van der Waals surface area (Å²) in [6.07, 6.45) is 1.20. The Morgan fingerprint density at radius 3 is 2.50 bits per heavy atom. The summed E-state index contributed by atoms with van der Waals surface area (Å²) in [5.74, 6) is 0.0325. The van der Waals surface area contributed by atoms with Crippen molar-refractivity contribution in [3.63, 3.8) is 0 Å².